The number of benzene rings is 2. The summed E-state index contributed by atoms with van der Waals surface area (Å²) < 4.78 is 29.6. The van der Waals surface area contributed by atoms with Crippen LogP contribution in [0.1, 0.15) is 31.6 Å². The summed E-state index contributed by atoms with van der Waals surface area (Å²) >= 11 is 5.57. The van der Waals surface area contributed by atoms with E-state index in [4.69, 9.17) is 17.0 Å². The summed E-state index contributed by atoms with van der Waals surface area (Å²) in [5, 5.41) is 3.62. The number of hydrogen-bond donors (Lipinski definition) is 1. The van der Waals surface area contributed by atoms with Crippen molar-refractivity contribution in [3.05, 3.63) is 72.6 Å². The van der Waals surface area contributed by atoms with Crippen LogP contribution in [-0.4, -0.2) is 42.3 Å². The minimum atomic E-state index is -3.25. The summed E-state index contributed by atoms with van der Waals surface area (Å²) in [7, 11) is -3.25. The Kier molecular flexibility index (Phi) is 5.91. The van der Waals surface area contributed by atoms with Crippen LogP contribution in [0.5, 0.6) is 11.5 Å². The molecule has 3 heterocycles. The van der Waals surface area contributed by atoms with E-state index < -0.39 is 9.84 Å². The lowest BCUT2D eigenvalue weighted by molar-refractivity contribution is 0.361. The van der Waals surface area contributed by atoms with Crippen LogP contribution in [0.4, 0.5) is 11.4 Å². The molecule has 2 atom stereocenters. The van der Waals surface area contributed by atoms with Gasteiger partial charge in [-0.15, -0.1) is 0 Å². The number of fused-ring (bicyclic) bond motifs is 1. The van der Waals surface area contributed by atoms with Crippen LogP contribution in [0.15, 0.2) is 71.8 Å². The van der Waals surface area contributed by atoms with Gasteiger partial charge in [-0.25, -0.2) is 8.42 Å². The van der Waals surface area contributed by atoms with Crippen molar-refractivity contribution in [3.63, 3.8) is 0 Å². The standard InChI is InChI=1S/C25H26N4O3S2/c1-17(33)28-15-5-7-24(28)29-23-16-19(32-18-8-11-20(12-9-18)34(2,30)31)10-13-21(23)27-25(29)22-6-3-4-14-26-22/h3-4,6,8-14,16,24-25,27H,5,7,15H2,1-2H3. The minimum Gasteiger partial charge on any atom is -0.457 e. The SMILES string of the molecule is CC(=S)N1CCCC1N1c2cc(Oc3ccc(S(C)(=O)=O)cc3)ccc2NC1c1ccccn1. The van der Waals surface area contributed by atoms with E-state index in [1.807, 2.05) is 49.5 Å². The number of nitrogens with zero attached hydrogens (tertiary/aromatic N) is 3. The molecule has 1 saturated heterocycles. The molecule has 1 N–H and O–H groups in total. The van der Waals surface area contributed by atoms with E-state index >= 15 is 0 Å². The van der Waals surface area contributed by atoms with E-state index in [0.717, 1.165) is 41.4 Å². The Morgan fingerprint density at radius 2 is 1.88 bits per heavy atom. The van der Waals surface area contributed by atoms with Gasteiger partial charge in [0.15, 0.2) is 9.84 Å². The van der Waals surface area contributed by atoms with Crippen molar-refractivity contribution in [1.29, 1.82) is 0 Å². The highest BCUT2D eigenvalue weighted by molar-refractivity contribution is 7.90. The second-order valence-corrected chi connectivity index (χ2v) is 11.2. The van der Waals surface area contributed by atoms with Crippen LogP contribution in [0.3, 0.4) is 0 Å². The maximum absolute atomic E-state index is 11.7. The molecule has 5 rings (SSSR count). The van der Waals surface area contributed by atoms with E-state index in [0.29, 0.717) is 11.5 Å². The van der Waals surface area contributed by atoms with Gasteiger partial charge < -0.3 is 19.9 Å². The van der Waals surface area contributed by atoms with Crippen LogP contribution in [-0.2, 0) is 9.84 Å². The molecule has 0 bridgehead atoms. The fraction of sp³-hybridized carbons (Fsp3) is 0.280. The second-order valence-electron chi connectivity index (χ2n) is 8.57. The van der Waals surface area contributed by atoms with Crippen molar-refractivity contribution in [2.24, 2.45) is 0 Å². The quantitative estimate of drug-likeness (QED) is 0.498. The van der Waals surface area contributed by atoms with E-state index in [-0.39, 0.29) is 17.2 Å². The number of thiocarbonyl (C=S) groups is 1. The number of rotatable bonds is 5. The third-order valence-electron chi connectivity index (χ3n) is 6.22. The second kappa shape index (κ2) is 8.88. The van der Waals surface area contributed by atoms with Gasteiger partial charge in [0, 0.05) is 25.1 Å². The molecule has 1 fully saturated rings. The number of hydrogen-bond acceptors (Lipinski definition) is 7. The van der Waals surface area contributed by atoms with Gasteiger partial charge in [-0.1, -0.05) is 18.3 Å². The topological polar surface area (TPSA) is 74.8 Å². The van der Waals surface area contributed by atoms with Gasteiger partial charge in [0.25, 0.3) is 0 Å². The zero-order valence-electron chi connectivity index (χ0n) is 19.0. The Balaban J connectivity index is 1.49. The summed E-state index contributed by atoms with van der Waals surface area (Å²) in [6.45, 7) is 2.91. The van der Waals surface area contributed by atoms with Crippen LogP contribution in [0.2, 0.25) is 0 Å². The summed E-state index contributed by atoms with van der Waals surface area (Å²) in [6.07, 6.45) is 5.06. The normalized spacial score (nSPS) is 19.6. The zero-order chi connectivity index (χ0) is 23.9. The molecule has 2 aliphatic rings. The lowest BCUT2D eigenvalue weighted by Crippen LogP contribution is -2.47. The third kappa shape index (κ3) is 4.33. The molecule has 3 aromatic rings. The molecule has 9 heteroatoms. The Hall–Kier alpha value is -3.17. The molecule has 1 aromatic heterocycles. The van der Waals surface area contributed by atoms with E-state index in [9.17, 15) is 8.42 Å². The predicted octanol–water partition coefficient (Wildman–Crippen LogP) is 4.98. The van der Waals surface area contributed by atoms with E-state index in [1.54, 1.807) is 24.3 Å². The van der Waals surface area contributed by atoms with Gasteiger partial charge in [-0.2, -0.15) is 0 Å². The smallest absolute Gasteiger partial charge is 0.175 e. The average molecular weight is 495 g/mol. The Labute approximate surface area is 205 Å². The monoisotopic (exact) mass is 494 g/mol. The van der Waals surface area contributed by atoms with Gasteiger partial charge in [-0.05, 0) is 68.3 Å². The van der Waals surface area contributed by atoms with Crippen LogP contribution in [0, 0.1) is 0 Å². The molecule has 2 aromatic carbocycles. The number of pyridine rings is 1. The van der Waals surface area contributed by atoms with E-state index in [1.165, 1.54) is 6.26 Å². The number of anilines is 2. The molecule has 0 aliphatic carbocycles. The first kappa shape index (κ1) is 22.6. The summed E-state index contributed by atoms with van der Waals surface area (Å²) in [6, 6.07) is 18.3. The van der Waals surface area contributed by atoms with Gasteiger partial charge in [-0.3, -0.25) is 4.98 Å². The first-order valence-corrected chi connectivity index (χ1v) is 13.5. The fourth-order valence-corrected chi connectivity index (χ4v) is 5.49. The Bertz CT molecular complexity index is 1310. The molecule has 176 valence electrons. The van der Waals surface area contributed by atoms with Crippen molar-refractivity contribution in [3.8, 4) is 11.5 Å². The zero-order valence-corrected chi connectivity index (χ0v) is 20.6. The van der Waals surface area contributed by atoms with E-state index in [2.05, 4.69) is 20.1 Å². The largest absolute Gasteiger partial charge is 0.457 e. The molecule has 2 unspecified atom stereocenters. The first-order valence-electron chi connectivity index (χ1n) is 11.2. The van der Waals surface area contributed by atoms with Crippen molar-refractivity contribution < 1.29 is 13.2 Å². The highest BCUT2D eigenvalue weighted by atomic mass is 32.2. The lowest BCUT2D eigenvalue weighted by Gasteiger charge is -2.38. The number of ether oxygens (including phenoxy) is 1. The van der Waals surface area contributed by atoms with Crippen LogP contribution in [0.25, 0.3) is 0 Å². The lowest BCUT2D eigenvalue weighted by atomic mass is 10.2. The van der Waals surface area contributed by atoms with Crippen molar-refractivity contribution >= 4 is 38.4 Å². The maximum Gasteiger partial charge on any atom is 0.175 e. The van der Waals surface area contributed by atoms with Crippen molar-refractivity contribution in [2.45, 2.75) is 37.0 Å². The predicted molar refractivity (Wildman–Crippen MR) is 137 cm³/mol. The van der Waals surface area contributed by atoms with Crippen LogP contribution < -0.4 is 15.0 Å². The minimum absolute atomic E-state index is 0.113. The Morgan fingerprint density at radius 1 is 1.12 bits per heavy atom. The summed E-state index contributed by atoms with van der Waals surface area (Å²) in [5.74, 6) is 1.24. The number of sulfone groups is 1. The van der Waals surface area contributed by atoms with Gasteiger partial charge in [0.05, 0.1) is 27.0 Å². The number of likely N-dealkylation sites (tertiary alicyclic amines) is 1. The van der Waals surface area contributed by atoms with Crippen LogP contribution >= 0.6 is 12.2 Å². The molecule has 34 heavy (non-hydrogen) atoms. The maximum atomic E-state index is 11.7. The number of aromatic nitrogens is 1. The van der Waals surface area contributed by atoms with Gasteiger partial charge in [0.1, 0.15) is 23.8 Å². The average Bonchev–Trinajstić information content (AvgIpc) is 3.44. The molecule has 0 radical (unpaired) electrons. The van der Waals surface area contributed by atoms with Crippen molar-refractivity contribution in [1.82, 2.24) is 9.88 Å². The van der Waals surface area contributed by atoms with Gasteiger partial charge in [0.2, 0.25) is 0 Å². The molecule has 7 nitrogen and oxygen atoms in total. The Morgan fingerprint density at radius 3 is 2.56 bits per heavy atom. The number of nitrogens with one attached hydrogen (secondary N) is 1. The highest BCUT2D eigenvalue weighted by Crippen LogP contribution is 2.46. The molecular weight excluding hydrogens is 468 g/mol. The summed E-state index contributed by atoms with van der Waals surface area (Å²) in [5.41, 5.74) is 2.96. The third-order valence-corrected chi connectivity index (χ3v) is 7.58. The molecule has 0 saturated carbocycles. The fourth-order valence-electron chi connectivity index (χ4n) is 4.65. The molecular formula is C25H26N4O3S2. The van der Waals surface area contributed by atoms with Crippen molar-refractivity contribution in [2.75, 3.05) is 23.0 Å². The highest BCUT2D eigenvalue weighted by Gasteiger charge is 2.40. The molecule has 2 aliphatic heterocycles. The molecule has 0 spiro atoms. The summed E-state index contributed by atoms with van der Waals surface area (Å²) in [4.78, 5) is 10.4. The first-order chi connectivity index (χ1) is 16.3. The molecule has 0 amide bonds. The van der Waals surface area contributed by atoms with Gasteiger partial charge >= 0.3 is 0 Å².